The Morgan fingerprint density at radius 1 is 1.11 bits per heavy atom. The van der Waals surface area contributed by atoms with Crippen LogP contribution in [0.2, 0.25) is 0 Å². The summed E-state index contributed by atoms with van der Waals surface area (Å²) in [5, 5.41) is 14.2. The SMILES string of the molecule is CC1CN(C(=O)c2nn(-c3ccccc3C(F)(F)F)cc2O)c2ccccc21. The highest BCUT2D eigenvalue weighted by molar-refractivity contribution is 6.07. The molecule has 1 unspecified atom stereocenters. The molecule has 2 heterocycles. The van der Waals surface area contributed by atoms with Crippen LogP contribution in [0.3, 0.4) is 0 Å². The number of aromatic hydroxyl groups is 1. The van der Waals surface area contributed by atoms with Gasteiger partial charge in [0.2, 0.25) is 0 Å². The highest BCUT2D eigenvalue weighted by atomic mass is 19.4. The van der Waals surface area contributed by atoms with Crippen molar-refractivity contribution in [1.29, 1.82) is 0 Å². The maximum Gasteiger partial charge on any atom is 0.418 e. The lowest BCUT2D eigenvalue weighted by Crippen LogP contribution is -2.30. The number of alkyl halides is 3. The van der Waals surface area contributed by atoms with Gasteiger partial charge in [0.05, 0.1) is 17.4 Å². The van der Waals surface area contributed by atoms with Gasteiger partial charge >= 0.3 is 6.18 Å². The van der Waals surface area contributed by atoms with Crippen molar-refractivity contribution in [3.05, 3.63) is 71.5 Å². The molecule has 28 heavy (non-hydrogen) atoms. The van der Waals surface area contributed by atoms with Crippen LogP contribution in [-0.4, -0.2) is 27.3 Å². The number of rotatable bonds is 2. The normalized spacial score (nSPS) is 16.3. The van der Waals surface area contributed by atoms with Crippen molar-refractivity contribution in [3.63, 3.8) is 0 Å². The Morgan fingerprint density at radius 3 is 2.46 bits per heavy atom. The summed E-state index contributed by atoms with van der Waals surface area (Å²) in [5.74, 6) is -0.924. The van der Waals surface area contributed by atoms with Gasteiger partial charge in [-0.1, -0.05) is 37.3 Å². The molecule has 8 heteroatoms. The van der Waals surface area contributed by atoms with E-state index in [1.54, 1.807) is 12.1 Å². The predicted octanol–water partition coefficient (Wildman–Crippen LogP) is 4.36. The lowest BCUT2D eigenvalue weighted by atomic mass is 10.0. The van der Waals surface area contributed by atoms with Gasteiger partial charge in [-0.15, -0.1) is 0 Å². The van der Waals surface area contributed by atoms with Gasteiger partial charge in [0, 0.05) is 18.2 Å². The van der Waals surface area contributed by atoms with E-state index in [0.717, 1.165) is 22.5 Å². The van der Waals surface area contributed by atoms with Gasteiger partial charge in [0.25, 0.3) is 5.91 Å². The Labute approximate surface area is 158 Å². The maximum atomic E-state index is 13.3. The maximum absolute atomic E-state index is 13.3. The zero-order valence-corrected chi connectivity index (χ0v) is 14.8. The summed E-state index contributed by atoms with van der Waals surface area (Å²) in [4.78, 5) is 14.5. The number of nitrogens with zero attached hydrogens (tertiary/aromatic N) is 3. The summed E-state index contributed by atoms with van der Waals surface area (Å²) >= 11 is 0. The van der Waals surface area contributed by atoms with Gasteiger partial charge in [-0.05, 0) is 23.8 Å². The van der Waals surface area contributed by atoms with Crippen LogP contribution >= 0.6 is 0 Å². The van der Waals surface area contributed by atoms with Crippen LogP contribution < -0.4 is 4.90 Å². The number of aromatic nitrogens is 2. The van der Waals surface area contributed by atoms with Crippen LogP contribution in [0, 0.1) is 0 Å². The van der Waals surface area contributed by atoms with Crippen molar-refractivity contribution < 1.29 is 23.1 Å². The van der Waals surface area contributed by atoms with Crippen molar-refractivity contribution in [2.24, 2.45) is 0 Å². The topological polar surface area (TPSA) is 58.4 Å². The third-order valence-corrected chi connectivity index (χ3v) is 4.81. The molecule has 0 bridgehead atoms. The number of para-hydroxylation sites is 2. The summed E-state index contributed by atoms with van der Waals surface area (Å²) in [6.45, 7) is 2.38. The molecular formula is C20H16F3N3O2. The fourth-order valence-corrected chi connectivity index (χ4v) is 3.49. The molecule has 1 N–H and O–H groups in total. The number of hydrogen-bond donors (Lipinski definition) is 1. The molecule has 0 fully saturated rings. The van der Waals surface area contributed by atoms with Crippen LogP contribution in [0.1, 0.15) is 34.5 Å². The third-order valence-electron chi connectivity index (χ3n) is 4.81. The monoisotopic (exact) mass is 387 g/mol. The minimum absolute atomic E-state index is 0.107. The molecule has 1 amide bonds. The summed E-state index contributed by atoms with van der Waals surface area (Å²) in [7, 11) is 0. The van der Waals surface area contributed by atoms with Gasteiger partial charge in [-0.25, -0.2) is 4.68 Å². The van der Waals surface area contributed by atoms with Crippen LogP contribution in [-0.2, 0) is 6.18 Å². The number of amides is 1. The number of hydrogen-bond acceptors (Lipinski definition) is 3. The summed E-state index contributed by atoms with van der Waals surface area (Å²) < 4.78 is 40.7. The molecule has 0 saturated heterocycles. The molecule has 0 aliphatic carbocycles. The summed E-state index contributed by atoms with van der Waals surface area (Å²) in [5.41, 5.74) is 0.249. The molecule has 2 aromatic carbocycles. The number of halogens is 3. The van der Waals surface area contributed by atoms with Crippen molar-refractivity contribution in [1.82, 2.24) is 9.78 Å². The van der Waals surface area contributed by atoms with Crippen molar-refractivity contribution in [2.45, 2.75) is 19.0 Å². The van der Waals surface area contributed by atoms with Crippen LogP contribution in [0.15, 0.2) is 54.7 Å². The Balaban J connectivity index is 1.74. The molecule has 1 aliphatic heterocycles. The zero-order chi connectivity index (χ0) is 20.1. The first-order valence-corrected chi connectivity index (χ1v) is 8.63. The molecule has 1 atom stereocenters. The number of benzene rings is 2. The Bertz CT molecular complexity index is 1060. The minimum atomic E-state index is -4.59. The van der Waals surface area contributed by atoms with Crippen LogP contribution in [0.5, 0.6) is 5.75 Å². The second-order valence-corrected chi connectivity index (χ2v) is 6.70. The highest BCUT2D eigenvalue weighted by Gasteiger charge is 2.36. The van der Waals surface area contributed by atoms with Gasteiger partial charge in [0.15, 0.2) is 11.4 Å². The molecule has 4 rings (SSSR count). The van der Waals surface area contributed by atoms with E-state index < -0.39 is 23.4 Å². The molecule has 3 aromatic rings. The second kappa shape index (κ2) is 6.40. The fraction of sp³-hybridized carbons (Fsp3) is 0.200. The standard InChI is InChI=1S/C20H16F3N3O2/c1-12-10-25(15-8-4-2-6-13(12)15)19(28)18-17(27)11-26(24-18)16-9-5-3-7-14(16)20(21,22)23/h2-9,11-12,27H,10H2,1H3. The highest BCUT2D eigenvalue weighted by Crippen LogP contribution is 2.38. The number of carbonyl (C=O) groups excluding carboxylic acids is 1. The first kappa shape index (κ1) is 18.1. The third kappa shape index (κ3) is 2.90. The van der Waals surface area contributed by atoms with Gasteiger partial charge in [-0.3, -0.25) is 4.79 Å². The Hall–Kier alpha value is -3.29. The average Bonchev–Trinajstić information content (AvgIpc) is 3.21. The molecule has 1 aliphatic rings. The summed E-state index contributed by atoms with van der Waals surface area (Å²) in [6.07, 6.45) is -3.57. The fourth-order valence-electron chi connectivity index (χ4n) is 3.49. The molecule has 5 nitrogen and oxygen atoms in total. The molecule has 0 radical (unpaired) electrons. The lowest BCUT2D eigenvalue weighted by Gasteiger charge is -2.16. The Kier molecular flexibility index (Phi) is 4.14. The van der Waals surface area contributed by atoms with Gasteiger partial charge < -0.3 is 10.0 Å². The van der Waals surface area contributed by atoms with E-state index >= 15 is 0 Å². The smallest absolute Gasteiger partial charge is 0.418 e. The zero-order valence-electron chi connectivity index (χ0n) is 14.8. The largest absolute Gasteiger partial charge is 0.504 e. The number of anilines is 1. The van der Waals surface area contributed by atoms with E-state index in [1.807, 2.05) is 19.1 Å². The Morgan fingerprint density at radius 2 is 1.75 bits per heavy atom. The van der Waals surface area contributed by atoms with E-state index in [0.29, 0.717) is 12.2 Å². The van der Waals surface area contributed by atoms with Crippen LogP contribution in [0.4, 0.5) is 18.9 Å². The quantitative estimate of drug-likeness (QED) is 0.711. The van der Waals surface area contributed by atoms with Gasteiger partial charge in [0.1, 0.15) is 0 Å². The van der Waals surface area contributed by atoms with Crippen molar-refractivity contribution in [2.75, 3.05) is 11.4 Å². The van der Waals surface area contributed by atoms with E-state index in [4.69, 9.17) is 0 Å². The van der Waals surface area contributed by atoms with E-state index in [2.05, 4.69) is 5.10 Å². The van der Waals surface area contributed by atoms with E-state index in [1.165, 1.54) is 23.1 Å². The number of fused-ring (bicyclic) bond motifs is 1. The first-order chi connectivity index (χ1) is 13.3. The molecule has 144 valence electrons. The average molecular weight is 387 g/mol. The molecule has 0 saturated carbocycles. The summed E-state index contributed by atoms with van der Waals surface area (Å²) in [6, 6.07) is 12.3. The number of carbonyl (C=O) groups is 1. The van der Waals surface area contributed by atoms with E-state index in [-0.39, 0.29) is 17.3 Å². The lowest BCUT2D eigenvalue weighted by molar-refractivity contribution is -0.137. The minimum Gasteiger partial charge on any atom is -0.504 e. The van der Waals surface area contributed by atoms with E-state index in [9.17, 15) is 23.1 Å². The van der Waals surface area contributed by atoms with Crippen molar-refractivity contribution >= 4 is 11.6 Å². The molecule has 1 aromatic heterocycles. The first-order valence-electron chi connectivity index (χ1n) is 8.63. The van der Waals surface area contributed by atoms with Crippen LogP contribution in [0.25, 0.3) is 5.69 Å². The molecular weight excluding hydrogens is 371 g/mol. The predicted molar refractivity (Wildman–Crippen MR) is 96.8 cm³/mol. The second-order valence-electron chi connectivity index (χ2n) is 6.70. The van der Waals surface area contributed by atoms with Gasteiger partial charge in [-0.2, -0.15) is 18.3 Å². The van der Waals surface area contributed by atoms with Crippen molar-refractivity contribution in [3.8, 4) is 11.4 Å². The molecule has 0 spiro atoms.